The van der Waals surface area contributed by atoms with Crippen molar-refractivity contribution in [3.63, 3.8) is 0 Å². The van der Waals surface area contributed by atoms with Gasteiger partial charge in [-0.05, 0) is 38.6 Å². The van der Waals surface area contributed by atoms with Gasteiger partial charge < -0.3 is 29.1 Å². The third-order valence-corrected chi connectivity index (χ3v) is 7.18. The van der Waals surface area contributed by atoms with Crippen LogP contribution in [0.4, 0.5) is 0 Å². The molecule has 4 heterocycles. The van der Waals surface area contributed by atoms with Crippen LogP contribution in [0.15, 0.2) is 0 Å². The average Bonchev–Trinajstić information content (AvgIpc) is 2.74. The Labute approximate surface area is 180 Å². The Bertz CT molecular complexity index is 551. The number of hydrogen-bond acceptors (Lipinski definition) is 7. The summed E-state index contributed by atoms with van der Waals surface area (Å²) in [6.45, 7) is 7.65. The molecule has 0 aromatic rings. The first-order valence-electron chi connectivity index (χ1n) is 11.8. The van der Waals surface area contributed by atoms with Crippen molar-refractivity contribution >= 4 is 5.91 Å². The first kappa shape index (κ1) is 22.4. The number of likely N-dealkylation sites (N-methyl/N-ethyl adjacent to an activating group) is 1. The van der Waals surface area contributed by atoms with Crippen molar-refractivity contribution in [1.82, 2.24) is 14.7 Å². The third-order valence-electron chi connectivity index (χ3n) is 7.18. The second-order valence-electron chi connectivity index (χ2n) is 9.53. The smallest absolute Gasteiger partial charge is 0.225 e. The van der Waals surface area contributed by atoms with Crippen LogP contribution in [0.5, 0.6) is 0 Å². The molecule has 0 bridgehead atoms. The molecular formula is C22H39N3O5. The molecule has 1 N–H and O–H groups in total. The minimum Gasteiger partial charge on any atom is -0.389 e. The number of ether oxygens (including phenoxy) is 3. The zero-order chi connectivity index (χ0) is 20.9. The van der Waals surface area contributed by atoms with E-state index in [4.69, 9.17) is 14.2 Å². The standard InChI is InChI=1S/C22H39N3O5/c1-23-6-8-24(9-7-23)22(27)12-19-2-3-20-21(30-19)16-29-15-18(26)14-25(20)13-17-4-10-28-11-5-17/h17-21,26H,2-16H2,1H3/t18-,19-,20-,21+/m1/s1. The number of aliphatic hydroxyl groups is 1. The highest BCUT2D eigenvalue weighted by Crippen LogP contribution is 2.29. The summed E-state index contributed by atoms with van der Waals surface area (Å²) in [4.78, 5) is 19.5. The van der Waals surface area contributed by atoms with E-state index in [2.05, 4.69) is 16.8 Å². The van der Waals surface area contributed by atoms with Gasteiger partial charge in [0.1, 0.15) is 0 Å². The molecule has 4 aliphatic rings. The van der Waals surface area contributed by atoms with Gasteiger partial charge in [0.15, 0.2) is 0 Å². The van der Waals surface area contributed by atoms with Crippen LogP contribution in [0.1, 0.15) is 32.1 Å². The topological polar surface area (TPSA) is 74.7 Å². The van der Waals surface area contributed by atoms with Crippen LogP contribution in [0.25, 0.3) is 0 Å². The lowest BCUT2D eigenvalue weighted by atomic mass is 9.92. The fourth-order valence-corrected chi connectivity index (χ4v) is 5.30. The third kappa shape index (κ3) is 5.93. The number of carbonyl (C=O) groups excluding carboxylic acids is 1. The monoisotopic (exact) mass is 425 g/mol. The van der Waals surface area contributed by atoms with Crippen molar-refractivity contribution in [3.8, 4) is 0 Å². The minimum absolute atomic E-state index is 0.0311. The summed E-state index contributed by atoms with van der Waals surface area (Å²) in [6.07, 6.45) is 4.00. The van der Waals surface area contributed by atoms with Gasteiger partial charge in [0.05, 0.1) is 37.9 Å². The fraction of sp³-hybridized carbons (Fsp3) is 0.955. The molecule has 4 fully saturated rings. The SMILES string of the molecule is CN1CCN(C(=O)C[C@H]2CC[C@@H]3[C@H](COC[C@H](O)CN3CC3CCOCC3)O2)CC1. The fourth-order valence-electron chi connectivity index (χ4n) is 5.30. The maximum Gasteiger partial charge on any atom is 0.225 e. The molecule has 0 aromatic heterocycles. The number of nitrogens with zero attached hydrogens (tertiary/aromatic N) is 3. The Hall–Kier alpha value is -0.770. The number of fused-ring (bicyclic) bond motifs is 1. The number of β-amino-alcohol motifs (C(OH)–C–C–N with tert-alkyl or cyclic N) is 1. The second kappa shape index (κ2) is 10.7. The Morgan fingerprint density at radius 1 is 1.00 bits per heavy atom. The summed E-state index contributed by atoms with van der Waals surface area (Å²) in [7, 11) is 2.10. The Kier molecular flexibility index (Phi) is 8.00. The van der Waals surface area contributed by atoms with Crippen molar-refractivity contribution in [2.75, 3.05) is 72.7 Å². The molecule has 4 rings (SSSR count). The Balaban J connectivity index is 1.33. The highest BCUT2D eigenvalue weighted by molar-refractivity contribution is 5.76. The van der Waals surface area contributed by atoms with Crippen molar-refractivity contribution in [1.29, 1.82) is 0 Å². The largest absolute Gasteiger partial charge is 0.389 e. The van der Waals surface area contributed by atoms with Crippen molar-refractivity contribution in [3.05, 3.63) is 0 Å². The summed E-state index contributed by atoms with van der Waals surface area (Å²) in [6, 6.07) is 0.248. The first-order chi connectivity index (χ1) is 14.6. The van der Waals surface area contributed by atoms with E-state index < -0.39 is 6.10 Å². The van der Waals surface area contributed by atoms with Crippen LogP contribution in [-0.2, 0) is 19.0 Å². The highest BCUT2D eigenvalue weighted by atomic mass is 16.5. The van der Waals surface area contributed by atoms with E-state index >= 15 is 0 Å². The Morgan fingerprint density at radius 2 is 1.77 bits per heavy atom. The second-order valence-corrected chi connectivity index (χ2v) is 9.53. The van der Waals surface area contributed by atoms with Crippen molar-refractivity contribution in [2.45, 2.75) is 56.5 Å². The van der Waals surface area contributed by atoms with E-state index in [9.17, 15) is 9.90 Å². The molecule has 4 aliphatic heterocycles. The van der Waals surface area contributed by atoms with Crippen LogP contribution in [0.2, 0.25) is 0 Å². The van der Waals surface area contributed by atoms with E-state index in [1.165, 1.54) is 0 Å². The molecule has 0 unspecified atom stereocenters. The molecule has 30 heavy (non-hydrogen) atoms. The number of rotatable bonds is 4. The summed E-state index contributed by atoms with van der Waals surface area (Å²) >= 11 is 0. The van der Waals surface area contributed by atoms with Gasteiger partial charge in [-0.1, -0.05) is 0 Å². The van der Waals surface area contributed by atoms with E-state index in [1.54, 1.807) is 0 Å². The normalized spacial score (nSPS) is 35.5. The van der Waals surface area contributed by atoms with Crippen molar-refractivity contribution in [2.24, 2.45) is 5.92 Å². The van der Waals surface area contributed by atoms with Crippen LogP contribution in [-0.4, -0.2) is 123 Å². The number of carbonyl (C=O) groups is 1. The van der Waals surface area contributed by atoms with E-state index in [0.717, 1.165) is 71.6 Å². The minimum atomic E-state index is -0.456. The molecule has 0 aromatic carbocycles. The number of aliphatic hydroxyl groups excluding tert-OH is 1. The molecule has 172 valence electrons. The average molecular weight is 426 g/mol. The highest BCUT2D eigenvalue weighted by Gasteiger charge is 2.39. The lowest BCUT2D eigenvalue weighted by molar-refractivity contribution is -0.162. The molecule has 1 amide bonds. The van der Waals surface area contributed by atoms with Gasteiger partial charge in [-0.2, -0.15) is 0 Å². The zero-order valence-corrected chi connectivity index (χ0v) is 18.4. The molecule has 0 saturated carbocycles. The zero-order valence-electron chi connectivity index (χ0n) is 18.4. The number of amides is 1. The summed E-state index contributed by atoms with van der Waals surface area (Å²) in [5.41, 5.74) is 0. The number of hydrogen-bond donors (Lipinski definition) is 1. The van der Waals surface area contributed by atoms with Gasteiger partial charge >= 0.3 is 0 Å². The maximum absolute atomic E-state index is 12.8. The molecule has 0 aliphatic carbocycles. The van der Waals surface area contributed by atoms with Gasteiger partial charge in [-0.15, -0.1) is 0 Å². The first-order valence-corrected chi connectivity index (χ1v) is 11.8. The summed E-state index contributed by atoms with van der Waals surface area (Å²) < 4.78 is 17.7. The van der Waals surface area contributed by atoms with Crippen LogP contribution in [0.3, 0.4) is 0 Å². The lowest BCUT2D eigenvalue weighted by Crippen LogP contribution is -2.57. The van der Waals surface area contributed by atoms with E-state index in [-0.39, 0.29) is 24.2 Å². The van der Waals surface area contributed by atoms with Gasteiger partial charge in [-0.25, -0.2) is 0 Å². The quantitative estimate of drug-likeness (QED) is 0.689. The van der Waals surface area contributed by atoms with E-state index in [0.29, 0.717) is 32.1 Å². The molecule has 4 saturated heterocycles. The molecule has 0 spiro atoms. The van der Waals surface area contributed by atoms with Crippen LogP contribution >= 0.6 is 0 Å². The van der Waals surface area contributed by atoms with Gasteiger partial charge in [0.25, 0.3) is 0 Å². The molecule has 0 radical (unpaired) electrons. The van der Waals surface area contributed by atoms with Crippen LogP contribution in [0, 0.1) is 5.92 Å². The molecule has 8 nitrogen and oxygen atoms in total. The lowest BCUT2D eigenvalue weighted by Gasteiger charge is -2.46. The van der Waals surface area contributed by atoms with E-state index in [1.807, 2.05) is 4.90 Å². The molecule has 4 atom stereocenters. The number of piperazine rings is 1. The summed E-state index contributed by atoms with van der Waals surface area (Å²) in [5, 5.41) is 10.4. The summed E-state index contributed by atoms with van der Waals surface area (Å²) in [5.74, 6) is 0.830. The van der Waals surface area contributed by atoms with Crippen LogP contribution < -0.4 is 0 Å². The predicted molar refractivity (Wildman–Crippen MR) is 112 cm³/mol. The molecule has 8 heteroatoms. The van der Waals surface area contributed by atoms with Gasteiger partial charge in [0.2, 0.25) is 5.91 Å². The van der Waals surface area contributed by atoms with Gasteiger partial charge in [0, 0.05) is 58.5 Å². The maximum atomic E-state index is 12.8. The van der Waals surface area contributed by atoms with Crippen molar-refractivity contribution < 1.29 is 24.1 Å². The Morgan fingerprint density at radius 3 is 2.53 bits per heavy atom. The predicted octanol–water partition coefficient (Wildman–Crippen LogP) is 0.186. The molecular weight excluding hydrogens is 386 g/mol. The van der Waals surface area contributed by atoms with Gasteiger partial charge in [-0.3, -0.25) is 9.69 Å².